The Kier molecular flexibility index (Phi) is 3.68. The van der Waals surface area contributed by atoms with E-state index in [9.17, 15) is 19.1 Å². The van der Waals surface area contributed by atoms with Gasteiger partial charge in [-0.05, 0) is 26.2 Å². The molecule has 3 fully saturated rings. The van der Waals surface area contributed by atoms with Gasteiger partial charge in [-0.25, -0.2) is 9.18 Å². The highest BCUT2D eigenvalue weighted by atomic mass is 19.1. The summed E-state index contributed by atoms with van der Waals surface area (Å²) in [5, 5.41) is 9.53. The minimum Gasteiger partial charge on any atom is -0.480 e. The molecule has 124 valence electrons. The number of halogens is 1. The first-order valence-electron chi connectivity index (χ1n) is 7.90. The van der Waals surface area contributed by atoms with E-state index in [2.05, 4.69) is 0 Å². The Bertz CT molecular complexity index is 494. The molecule has 0 amide bonds. The van der Waals surface area contributed by atoms with Crippen LogP contribution in [-0.4, -0.2) is 47.1 Å². The molecular formula is C15H22FNO5. The monoisotopic (exact) mass is 315 g/mol. The molecule has 0 unspecified atom stereocenters. The lowest BCUT2D eigenvalue weighted by Crippen LogP contribution is -2.61. The summed E-state index contributed by atoms with van der Waals surface area (Å²) in [7, 11) is 0. The van der Waals surface area contributed by atoms with Crippen molar-refractivity contribution in [3.63, 3.8) is 0 Å². The number of aliphatic carboxylic acids is 1. The second-order valence-corrected chi connectivity index (χ2v) is 6.58. The number of hydrogen-bond acceptors (Lipinski definition) is 5. The highest BCUT2D eigenvalue weighted by Crippen LogP contribution is 2.67. The van der Waals surface area contributed by atoms with E-state index < -0.39 is 41.1 Å². The number of rotatable bonds is 5. The van der Waals surface area contributed by atoms with Crippen molar-refractivity contribution in [1.82, 2.24) is 0 Å². The van der Waals surface area contributed by atoms with Crippen LogP contribution in [0.1, 0.15) is 39.0 Å². The predicted octanol–water partition coefficient (Wildman–Crippen LogP) is 1.02. The number of carbonyl (C=O) groups excluding carboxylic acids is 1. The minimum atomic E-state index is -2.28. The summed E-state index contributed by atoms with van der Waals surface area (Å²) in [5.41, 5.74) is 1.90. The van der Waals surface area contributed by atoms with Gasteiger partial charge in [0.15, 0.2) is 0 Å². The van der Waals surface area contributed by atoms with Crippen LogP contribution in [0.15, 0.2) is 0 Å². The number of carboxylic acid groups (broad SMARTS) is 1. The molecule has 0 aromatic carbocycles. The van der Waals surface area contributed by atoms with Crippen molar-refractivity contribution in [3.8, 4) is 0 Å². The second-order valence-electron chi connectivity index (χ2n) is 6.58. The Balaban J connectivity index is 1.78. The van der Waals surface area contributed by atoms with E-state index in [-0.39, 0.29) is 19.1 Å². The van der Waals surface area contributed by atoms with Gasteiger partial charge in [0, 0.05) is 11.8 Å². The molecule has 3 N–H and O–H groups in total. The molecule has 3 aliphatic carbocycles. The van der Waals surface area contributed by atoms with Gasteiger partial charge in [-0.3, -0.25) is 4.79 Å². The summed E-state index contributed by atoms with van der Waals surface area (Å²) < 4.78 is 25.5. The highest BCUT2D eigenvalue weighted by molar-refractivity contribution is 5.91. The SMILES string of the molecule is CCOC(=O)[C@@]1(F)[C@@H]2C[C@@H](OC3CCCC3)[C@@](N)(C(=O)O)[C@@H]21. The molecular weight excluding hydrogens is 293 g/mol. The van der Waals surface area contributed by atoms with E-state index in [1.807, 2.05) is 0 Å². The zero-order chi connectivity index (χ0) is 16.1. The Morgan fingerprint density at radius 2 is 2.00 bits per heavy atom. The van der Waals surface area contributed by atoms with Gasteiger partial charge in [0.05, 0.1) is 18.8 Å². The van der Waals surface area contributed by atoms with E-state index in [0.717, 1.165) is 25.7 Å². The number of carboxylic acids is 1. The van der Waals surface area contributed by atoms with Gasteiger partial charge in [0.1, 0.15) is 5.54 Å². The third kappa shape index (κ3) is 1.98. The fourth-order valence-electron chi connectivity index (χ4n) is 4.25. The van der Waals surface area contributed by atoms with Crippen molar-refractivity contribution in [2.75, 3.05) is 6.61 Å². The van der Waals surface area contributed by atoms with Crippen LogP contribution < -0.4 is 5.73 Å². The van der Waals surface area contributed by atoms with E-state index in [4.69, 9.17) is 15.2 Å². The number of fused-ring (bicyclic) bond motifs is 1. The summed E-state index contributed by atoms with van der Waals surface area (Å²) in [6, 6.07) is 0. The summed E-state index contributed by atoms with van der Waals surface area (Å²) >= 11 is 0. The maximum Gasteiger partial charge on any atom is 0.344 e. The highest BCUT2D eigenvalue weighted by Gasteiger charge is 2.85. The topological polar surface area (TPSA) is 98.9 Å². The summed E-state index contributed by atoms with van der Waals surface area (Å²) in [6.07, 6.45) is 3.23. The van der Waals surface area contributed by atoms with Gasteiger partial charge in [-0.15, -0.1) is 0 Å². The maximum absolute atomic E-state index is 14.9. The number of carbonyl (C=O) groups is 2. The van der Waals surface area contributed by atoms with Crippen LogP contribution in [0.5, 0.6) is 0 Å². The molecule has 0 heterocycles. The zero-order valence-electron chi connectivity index (χ0n) is 12.6. The normalized spacial score (nSPS) is 43.9. The predicted molar refractivity (Wildman–Crippen MR) is 73.8 cm³/mol. The lowest BCUT2D eigenvalue weighted by atomic mass is 9.87. The first kappa shape index (κ1) is 15.7. The van der Waals surface area contributed by atoms with Crippen LogP contribution >= 0.6 is 0 Å². The van der Waals surface area contributed by atoms with Gasteiger partial charge in [-0.2, -0.15) is 0 Å². The van der Waals surface area contributed by atoms with Crippen molar-refractivity contribution in [2.45, 2.75) is 62.4 Å². The van der Waals surface area contributed by atoms with Gasteiger partial charge < -0.3 is 20.3 Å². The van der Waals surface area contributed by atoms with Crippen LogP contribution in [0, 0.1) is 11.8 Å². The molecule has 5 atom stereocenters. The van der Waals surface area contributed by atoms with E-state index in [1.165, 1.54) is 0 Å². The largest absolute Gasteiger partial charge is 0.480 e. The number of ether oxygens (including phenoxy) is 2. The molecule has 3 aliphatic rings. The molecule has 6 nitrogen and oxygen atoms in total. The first-order valence-corrected chi connectivity index (χ1v) is 7.90. The van der Waals surface area contributed by atoms with Crippen molar-refractivity contribution < 1.29 is 28.6 Å². The van der Waals surface area contributed by atoms with Crippen LogP contribution in [0.3, 0.4) is 0 Å². The number of esters is 1. The molecule has 0 saturated heterocycles. The number of nitrogens with two attached hydrogens (primary N) is 1. The molecule has 0 aromatic rings. The van der Waals surface area contributed by atoms with Gasteiger partial charge in [0.2, 0.25) is 5.67 Å². The molecule has 0 radical (unpaired) electrons. The third-order valence-electron chi connectivity index (χ3n) is 5.42. The lowest BCUT2D eigenvalue weighted by molar-refractivity contribution is -0.160. The van der Waals surface area contributed by atoms with Gasteiger partial charge >= 0.3 is 11.9 Å². The Labute approximate surface area is 128 Å². The minimum absolute atomic E-state index is 0.0126. The molecule has 0 aromatic heterocycles. The number of hydrogen-bond donors (Lipinski definition) is 2. The Hall–Kier alpha value is -1.21. The third-order valence-corrected chi connectivity index (χ3v) is 5.42. The Morgan fingerprint density at radius 1 is 1.36 bits per heavy atom. The average molecular weight is 315 g/mol. The molecule has 0 aliphatic heterocycles. The fraction of sp³-hybridized carbons (Fsp3) is 0.867. The smallest absolute Gasteiger partial charge is 0.344 e. The summed E-state index contributed by atoms with van der Waals surface area (Å²) in [5.74, 6) is -4.10. The van der Waals surface area contributed by atoms with Crippen molar-refractivity contribution in [3.05, 3.63) is 0 Å². The molecule has 7 heteroatoms. The quantitative estimate of drug-likeness (QED) is 0.735. The molecule has 22 heavy (non-hydrogen) atoms. The summed E-state index contributed by atoms with van der Waals surface area (Å²) in [4.78, 5) is 23.5. The molecule has 3 rings (SSSR count). The maximum atomic E-state index is 14.9. The average Bonchev–Trinajstić information content (AvgIpc) is 2.84. The van der Waals surface area contributed by atoms with Crippen LogP contribution in [0.4, 0.5) is 4.39 Å². The van der Waals surface area contributed by atoms with E-state index >= 15 is 0 Å². The van der Waals surface area contributed by atoms with Crippen molar-refractivity contribution in [1.29, 1.82) is 0 Å². The number of alkyl halides is 1. The van der Waals surface area contributed by atoms with Crippen LogP contribution in [0.25, 0.3) is 0 Å². The lowest BCUT2D eigenvalue weighted by Gasteiger charge is -2.33. The van der Waals surface area contributed by atoms with Crippen LogP contribution in [-0.2, 0) is 19.1 Å². The van der Waals surface area contributed by atoms with Crippen LogP contribution in [0.2, 0.25) is 0 Å². The van der Waals surface area contributed by atoms with Gasteiger partial charge in [0.25, 0.3) is 0 Å². The first-order chi connectivity index (χ1) is 10.4. The Morgan fingerprint density at radius 3 is 2.55 bits per heavy atom. The summed E-state index contributed by atoms with van der Waals surface area (Å²) in [6.45, 7) is 1.63. The molecule has 3 saturated carbocycles. The standard InChI is InChI=1S/C15H22FNO5/c1-2-21-13(20)14(16)9-7-10(22-8-5-3-4-6-8)15(17,11(9)14)12(18)19/h8-11H,2-7,17H2,1H3,(H,18,19)/t9-,10-,11+,14-,15+/m1/s1. The van der Waals surface area contributed by atoms with Crippen molar-refractivity contribution in [2.24, 2.45) is 17.6 Å². The molecule has 0 bridgehead atoms. The molecule has 0 spiro atoms. The second kappa shape index (κ2) is 5.16. The van der Waals surface area contributed by atoms with Gasteiger partial charge in [-0.1, -0.05) is 12.8 Å². The van der Waals surface area contributed by atoms with E-state index in [1.54, 1.807) is 6.92 Å². The fourth-order valence-corrected chi connectivity index (χ4v) is 4.25. The van der Waals surface area contributed by atoms with E-state index in [0.29, 0.717) is 0 Å². The zero-order valence-corrected chi connectivity index (χ0v) is 12.6. The van der Waals surface area contributed by atoms with Crippen molar-refractivity contribution >= 4 is 11.9 Å².